The summed E-state index contributed by atoms with van der Waals surface area (Å²) in [5, 5.41) is 4.73. The highest BCUT2D eigenvalue weighted by molar-refractivity contribution is 8.16. The molecule has 2 nitrogen and oxygen atoms in total. The Balaban J connectivity index is 0.000001000. The van der Waals surface area contributed by atoms with E-state index in [1.54, 1.807) is 11.8 Å². The first kappa shape index (κ1) is 12.1. The summed E-state index contributed by atoms with van der Waals surface area (Å²) in [6.07, 6.45) is 0. The van der Waals surface area contributed by atoms with Crippen LogP contribution < -0.4 is 0 Å². The molecule has 0 amide bonds. The lowest BCUT2D eigenvalue weighted by molar-refractivity contribution is 0.652. The van der Waals surface area contributed by atoms with Gasteiger partial charge in [0.2, 0.25) is 0 Å². The highest BCUT2D eigenvalue weighted by Gasteiger charge is 2.27. The van der Waals surface area contributed by atoms with Crippen molar-refractivity contribution in [2.75, 3.05) is 13.1 Å². The van der Waals surface area contributed by atoms with E-state index >= 15 is 0 Å². The van der Waals surface area contributed by atoms with Crippen molar-refractivity contribution in [3.8, 4) is 0 Å². The first-order valence-electron chi connectivity index (χ1n) is 5.59. The molecule has 0 radical (unpaired) electrons. The zero-order valence-corrected chi connectivity index (χ0v) is 11.9. The van der Waals surface area contributed by atoms with Crippen LogP contribution in [-0.4, -0.2) is 23.2 Å². The van der Waals surface area contributed by atoms with Crippen molar-refractivity contribution in [2.45, 2.75) is 0 Å². The average Bonchev–Trinajstić information content (AvgIpc) is 3.02. The third-order valence-electron chi connectivity index (χ3n) is 3.05. The van der Waals surface area contributed by atoms with Gasteiger partial charge in [-0.3, -0.25) is 4.99 Å². The van der Waals surface area contributed by atoms with Crippen molar-refractivity contribution in [1.82, 2.24) is 4.90 Å². The van der Waals surface area contributed by atoms with Crippen LogP contribution in [0.15, 0.2) is 40.7 Å². The molecule has 0 atom stereocenters. The number of amidine groups is 1. The molecule has 5 heteroatoms. The number of benzene rings is 1. The molecule has 0 saturated carbocycles. The second kappa shape index (κ2) is 4.61. The van der Waals surface area contributed by atoms with Crippen LogP contribution in [0.25, 0.3) is 15.8 Å². The molecule has 0 unspecified atom stereocenters. The lowest BCUT2D eigenvalue weighted by atomic mass is 10.2. The molecule has 0 bridgehead atoms. The van der Waals surface area contributed by atoms with Gasteiger partial charge in [0.25, 0.3) is 0 Å². The van der Waals surface area contributed by atoms with Crippen LogP contribution >= 0.6 is 35.5 Å². The zero-order valence-electron chi connectivity index (χ0n) is 9.50. The van der Waals surface area contributed by atoms with Crippen LogP contribution in [0.2, 0.25) is 0 Å². The smallest absolute Gasteiger partial charge is 0.168 e. The molecule has 2 aromatic rings. The summed E-state index contributed by atoms with van der Waals surface area (Å²) >= 11 is 3.61. The number of nitrogens with zero attached hydrogens (tertiary/aromatic N) is 2. The molecule has 0 saturated heterocycles. The molecule has 4 rings (SSSR count). The third kappa shape index (κ3) is 1.76. The fraction of sp³-hybridized carbons (Fsp3) is 0.154. The van der Waals surface area contributed by atoms with Crippen LogP contribution in [0, 0.1) is 0 Å². The molecule has 92 valence electrons. The summed E-state index contributed by atoms with van der Waals surface area (Å²) in [5.74, 6) is 0. The fourth-order valence-corrected chi connectivity index (χ4v) is 4.34. The minimum absolute atomic E-state index is 0. The topological polar surface area (TPSA) is 15.6 Å². The number of halogens is 1. The number of fused-ring (bicyclic) bond motifs is 2. The van der Waals surface area contributed by atoms with Crippen molar-refractivity contribution in [3.05, 3.63) is 40.6 Å². The minimum Gasteiger partial charge on any atom is -0.317 e. The summed E-state index contributed by atoms with van der Waals surface area (Å²) in [6.45, 7) is 1.97. The van der Waals surface area contributed by atoms with Crippen LogP contribution in [0.5, 0.6) is 0 Å². The van der Waals surface area contributed by atoms with Gasteiger partial charge in [-0.05, 0) is 17.5 Å². The van der Waals surface area contributed by atoms with E-state index in [0.717, 1.165) is 18.3 Å². The first-order chi connectivity index (χ1) is 8.42. The molecule has 18 heavy (non-hydrogen) atoms. The van der Waals surface area contributed by atoms with Gasteiger partial charge in [0, 0.05) is 16.7 Å². The van der Waals surface area contributed by atoms with Gasteiger partial charge >= 0.3 is 0 Å². The van der Waals surface area contributed by atoms with Crippen molar-refractivity contribution < 1.29 is 0 Å². The average molecular weight is 295 g/mol. The van der Waals surface area contributed by atoms with E-state index < -0.39 is 0 Å². The summed E-state index contributed by atoms with van der Waals surface area (Å²) < 4.78 is 1.36. The maximum absolute atomic E-state index is 4.49. The molecule has 1 aromatic heterocycles. The molecule has 1 aromatic carbocycles. The van der Waals surface area contributed by atoms with Gasteiger partial charge in [0.15, 0.2) is 5.17 Å². The Hall–Kier alpha value is -0.970. The van der Waals surface area contributed by atoms with E-state index in [0.29, 0.717) is 0 Å². The molecule has 0 N–H and O–H groups in total. The predicted octanol–water partition coefficient (Wildman–Crippen LogP) is 4.04. The molecular weight excluding hydrogens is 284 g/mol. The minimum atomic E-state index is 0. The summed E-state index contributed by atoms with van der Waals surface area (Å²) in [4.78, 5) is 8.17. The lowest BCUT2D eigenvalue weighted by Gasteiger charge is -2.14. The van der Waals surface area contributed by atoms with Gasteiger partial charge in [-0.25, -0.2) is 0 Å². The number of thioether (sulfide) groups is 1. The van der Waals surface area contributed by atoms with E-state index in [2.05, 4.69) is 45.6 Å². The highest BCUT2D eigenvalue weighted by atomic mass is 35.5. The molecule has 2 aliphatic rings. The van der Waals surface area contributed by atoms with E-state index in [4.69, 9.17) is 0 Å². The van der Waals surface area contributed by atoms with Crippen LogP contribution in [0.3, 0.4) is 0 Å². The summed E-state index contributed by atoms with van der Waals surface area (Å²) in [5.41, 5.74) is 1.33. The molecule has 2 aliphatic heterocycles. The van der Waals surface area contributed by atoms with E-state index in [-0.39, 0.29) is 12.4 Å². The largest absolute Gasteiger partial charge is 0.317 e. The molecular formula is C13H11ClN2S2. The Kier molecular flexibility index (Phi) is 3.09. The fourth-order valence-electron chi connectivity index (χ4n) is 2.22. The van der Waals surface area contributed by atoms with Gasteiger partial charge in [0.1, 0.15) is 0 Å². The maximum Gasteiger partial charge on any atom is 0.168 e. The van der Waals surface area contributed by atoms with Gasteiger partial charge in [-0.2, -0.15) is 0 Å². The number of rotatable bonds is 1. The summed E-state index contributed by atoms with van der Waals surface area (Å²) in [6, 6.07) is 10.8. The highest BCUT2D eigenvalue weighted by Crippen LogP contribution is 2.39. The van der Waals surface area contributed by atoms with Crippen molar-refractivity contribution in [3.63, 3.8) is 0 Å². The third-order valence-corrected chi connectivity index (χ3v) is 5.09. The number of thiophene rings is 1. The Morgan fingerprint density at radius 2 is 2.11 bits per heavy atom. The van der Waals surface area contributed by atoms with Crippen molar-refractivity contribution >= 4 is 56.5 Å². The Morgan fingerprint density at radius 1 is 1.22 bits per heavy atom. The number of aliphatic imine (C=N–C) groups is 1. The van der Waals surface area contributed by atoms with Crippen LogP contribution in [0.4, 0.5) is 0 Å². The molecule has 3 heterocycles. The zero-order chi connectivity index (χ0) is 11.2. The van der Waals surface area contributed by atoms with Crippen LogP contribution in [-0.2, 0) is 0 Å². The molecule has 0 aliphatic carbocycles. The van der Waals surface area contributed by atoms with Gasteiger partial charge in [-0.15, -0.1) is 23.7 Å². The van der Waals surface area contributed by atoms with Gasteiger partial charge in [0.05, 0.1) is 17.1 Å². The second-order valence-corrected chi connectivity index (χ2v) is 6.01. The first-order valence-corrected chi connectivity index (χ1v) is 7.29. The number of hydrogen-bond acceptors (Lipinski definition) is 4. The Bertz CT molecular complexity index is 627. The quantitative estimate of drug-likeness (QED) is 0.789. The molecule has 0 fully saturated rings. The van der Waals surface area contributed by atoms with E-state index in [9.17, 15) is 0 Å². The Morgan fingerprint density at radius 3 is 3.00 bits per heavy atom. The van der Waals surface area contributed by atoms with Crippen molar-refractivity contribution in [2.24, 2.45) is 4.99 Å². The van der Waals surface area contributed by atoms with Gasteiger partial charge in [-0.1, -0.05) is 30.0 Å². The van der Waals surface area contributed by atoms with Crippen LogP contribution in [0.1, 0.15) is 4.88 Å². The SMILES string of the molecule is C1=C(c2cc3ccccc3s2)N2CCN=C2S1.Cl. The monoisotopic (exact) mass is 294 g/mol. The lowest BCUT2D eigenvalue weighted by Crippen LogP contribution is -2.19. The molecule has 0 spiro atoms. The van der Waals surface area contributed by atoms with E-state index in [1.807, 2.05) is 11.3 Å². The predicted molar refractivity (Wildman–Crippen MR) is 83.6 cm³/mol. The van der Waals surface area contributed by atoms with Crippen molar-refractivity contribution in [1.29, 1.82) is 0 Å². The maximum atomic E-state index is 4.49. The normalized spacial score (nSPS) is 17.4. The summed E-state index contributed by atoms with van der Waals surface area (Å²) in [7, 11) is 0. The second-order valence-electron chi connectivity index (χ2n) is 4.09. The standard InChI is InChI=1S/C13H10N2S2.ClH/c1-2-4-11-9(3-1)7-12(17-11)10-8-16-13-14-5-6-15(10)13;/h1-4,7-8H,5-6H2;1H. The number of hydrogen-bond donors (Lipinski definition) is 0. The Labute approximate surface area is 120 Å². The van der Waals surface area contributed by atoms with E-state index in [1.165, 1.54) is 20.7 Å². The van der Waals surface area contributed by atoms with Gasteiger partial charge < -0.3 is 4.90 Å².